The van der Waals surface area contributed by atoms with Crippen LogP contribution < -0.4 is 0 Å². The van der Waals surface area contributed by atoms with Crippen LogP contribution in [-0.2, 0) is 11.3 Å². The smallest absolute Gasteiger partial charge is 0.340 e. The molecule has 25 heavy (non-hydrogen) atoms. The third kappa shape index (κ3) is 2.94. The lowest BCUT2D eigenvalue weighted by Crippen LogP contribution is -2.06. The van der Waals surface area contributed by atoms with Crippen molar-refractivity contribution in [3.8, 4) is 10.6 Å². The molecule has 4 rings (SSSR count). The van der Waals surface area contributed by atoms with Crippen LogP contribution in [0.1, 0.15) is 15.9 Å². The van der Waals surface area contributed by atoms with Crippen LogP contribution in [0.25, 0.3) is 21.5 Å². The Hall–Kier alpha value is -2.92. The summed E-state index contributed by atoms with van der Waals surface area (Å²) in [5.74, 6) is -0.318. The number of methoxy groups -OCH3 is 1. The zero-order valence-corrected chi connectivity index (χ0v) is 14.5. The van der Waals surface area contributed by atoms with Gasteiger partial charge in [0.25, 0.3) is 0 Å². The van der Waals surface area contributed by atoms with Crippen LogP contribution >= 0.6 is 11.3 Å². The molecular formula is C20H16N2O2S. The zero-order chi connectivity index (χ0) is 17.2. The fraction of sp³-hybridized carbons (Fsp3) is 0.100. The Bertz CT molecular complexity index is 1030. The number of thiazole rings is 1. The van der Waals surface area contributed by atoms with Gasteiger partial charge in [0.2, 0.25) is 0 Å². The molecule has 0 radical (unpaired) electrons. The predicted molar refractivity (Wildman–Crippen MR) is 99.9 cm³/mol. The number of para-hydroxylation sites is 1. The molecule has 0 bridgehead atoms. The molecule has 2 aromatic heterocycles. The van der Waals surface area contributed by atoms with Crippen LogP contribution in [0.4, 0.5) is 0 Å². The van der Waals surface area contributed by atoms with Crippen molar-refractivity contribution in [3.05, 3.63) is 77.4 Å². The Morgan fingerprint density at radius 3 is 2.88 bits per heavy atom. The summed E-state index contributed by atoms with van der Waals surface area (Å²) in [4.78, 5) is 16.5. The minimum absolute atomic E-state index is 0.318. The standard InChI is InChI=1S/C20H16N2O2S/c1-24-20(23)17-7-3-5-15-8-10-22(18(15)17)13-14-4-2-6-16(12-14)19-21-9-11-25-19/h2-12H,13H2,1H3. The Balaban J connectivity index is 1.74. The van der Waals surface area contributed by atoms with Crippen LogP contribution in [0.5, 0.6) is 0 Å². The molecule has 0 saturated carbocycles. The number of carbonyl (C=O) groups is 1. The number of hydrogen-bond donors (Lipinski definition) is 0. The summed E-state index contributed by atoms with van der Waals surface area (Å²) in [6.07, 6.45) is 3.82. The molecule has 4 aromatic rings. The monoisotopic (exact) mass is 348 g/mol. The van der Waals surface area contributed by atoms with E-state index in [2.05, 4.69) is 27.8 Å². The predicted octanol–water partition coefficient (Wildman–Crippen LogP) is 4.60. The van der Waals surface area contributed by atoms with Crippen molar-refractivity contribution < 1.29 is 9.53 Å². The summed E-state index contributed by atoms with van der Waals surface area (Å²) in [6, 6.07) is 16.0. The Morgan fingerprint density at radius 2 is 2.08 bits per heavy atom. The molecule has 2 heterocycles. The summed E-state index contributed by atoms with van der Waals surface area (Å²) in [6.45, 7) is 0.677. The van der Waals surface area contributed by atoms with Gasteiger partial charge in [-0.1, -0.05) is 30.3 Å². The average Bonchev–Trinajstić information content (AvgIpc) is 3.32. The highest BCUT2D eigenvalue weighted by Crippen LogP contribution is 2.25. The maximum absolute atomic E-state index is 12.1. The molecule has 0 N–H and O–H groups in total. The van der Waals surface area contributed by atoms with E-state index >= 15 is 0 Å². The van der Waals surface area contributed by atoms with Gasteiger partial charge in [-0.25, -0.2) is 9.78 Å². The first-order chi connectivity index (χ1) is 12.3. The van der Waals surface area contributed by atoms with E-state index in [4.69, 9.17) is 4.74 Å². The van der Waals surface area contributed by atoms with Crippen molar-refractivity contribution in [2.75, 3.05) is 7.11 Å². The molecule has 4 nitrogen and oxygen atoms in total. The molecule has 5 heteroatoms. The van der Waals surface area contributed by atoms with E-state index in [1.54, 1.807) is 17.4 Å². The molecule has 0 fully saturated rings. The minimum Gasteiger partial charge on any atom is -0.465 e. The first-order valence-corrected chi connectivity index (χ1v) is 8.79. The zero-order valence-electron chi connectivity index (χ0n) is 13.7. The highest BCUT2D eigenvalue weighted by atomic mass is 32.1. The fourth-order valence-electron chi connectivity index (χ4n) is 3.03. The van der Waals surface area contributed by atoms with E-state index in [0.29, 0.717) is 12.1 Å². The molecule has 0 saturated heterocycles. The summed E-state index contributed by atoms with van der Waals surface area (Å²) in [5.41, 5.74) is 3.75. The fourth-order valence-corrected chi connectivity index (χ4v) is 3.67. The molecule has 0 aliphatic rings. The highest BCUT2D eigenvalue weighted by Gasteiger charge is 2.14. The van der Waals surface area contributed by atoms with E-state index in [0.717, 1.165) is 27.0 Å². The minimum atomic E-state index is -0.318. The Morgan fingerprint density at radius 1 is 1.20 bits per heavy atom. The number of nitrogens with zero attached hydrogens (tertiary/aromatic N) is 2. The molecule has 0 unspecified atom stereocenters. The topological polar surface area (TPSA) is 44.1 Å². The number of fused-ring (bicyclic) bond motifs is 1. The van der Waals surface area contributed by atoms with Gasteiger partial charge >= 0.3 is 5.97 Å². The summed E-state index contributed by atoms with van der Waals surface area (Å²) in [5, 5.41) is 4.01. The number of carbonyl (C=O) groups excluding carboxylic acids is 1. The lowest BCUT2D eigenvalue weighted by Gasteiger charge is -2.10. The van der Waals surface area contributed by atoms with Crippen molar-refractivity contribution in [3.63, 3.8) is 0 Å². The molecule has 2 aromatic carbocycles. The molecule has 0 aliphatic carbocycles. The first kappa shape index (κ1) is 15.6. The molecule has 0 aliphatic heterocycles. The highest BCUT2D eigenvalue weighted by molar-refractivity contribution is 7.13. The van der Waals surface area contributed by atoms with Crippen molar-refractivity contribution >= 4 is 28.2 Å². The molecule has 0 amide bonds. The summed E-state index contributed by atoms with van der Waals surface area (Å²) < 4.78 is 7.01. The van der Waals surface area contributed by atoms with Gasteiger partial charge in [-0.05, 0) is 23.8 Å². The normalized spacial score (nSPS) is 10.9. The summed E-state index contributed by atoms with van der Waals surface area (Å²) >= 11 is 1.63. The average molecular weight is 348 g/mol. The number of hydrogen-bond acceptors (Lipinski definition) is 4. The van der Waals surface area contributed by atoms with E-state index in [9.17, 15) is 4.79 Å². The number of aromatic nitrogens is 2. The van der Waals surface area contributed by atoms with Crippen molar-refractivity contribution in [1.82, 2.24) is 9.55 Å². The van der Waals surface area contributed by atoms with Gasteiger partial charge in [-0.2, -0.15) is 0 Å². The second-order valence-electron chi connectivity index (χ2n) is 5.72. The van der Waals surface area contributed by atoms with Gasteiger partial charge in [0.1, 0.15) is 5.01 Å². The van der Waals surface area contributed by atoms with Gasteiger partial charge in [0.15, 0.2) is 0 Å². The van der Waals surface area contributed by atoms with E-state index < -0.39 is 0 Å². The number of ether oxygens (including phenoxy) is 1. The number of esters is 1. The molecule has 124 valence electrons. The Labute approximate surface area is 149 Å². The van der Waals surface area contributed by atoms with Crippen LogP contribution in [-0.4, -0.2) is 22.6 Å². The molecule has 0 spiro atoms. The number of rotatable bonds is 4. The summed E-state index contributed by atoms with van der Waals surface area (Å²) in [7, 11) is 1.41. The maximum Gasteiger partial charge on any atom is 0.340 e. The van der Waals surface area contributed by atoms with E-state index in [1.165, 1.54) is 7.11 Å². The Kier molecular flexibility index (Phi) is 4.07. The first-order valence-electron chi connectivity index (χ1n) is 7.91. The van der Waals surface area contributed by atoms with Crippen LogP contribution in [0.2, 0.25) is 0 Å². The second kappa shape index (κ2) is 6.53. The molecule has 0 atom stereocenters. The lowest BCUT2D eigenvalue weighted by atomic mass is 10.1. The third-order valence-electron chi connectivity index (χ3n) is 4.15. The van der Waals surface area contributed by atoms with Crippen molar-refractivity contribution in [1.29, 1.82) is 0 Å². The van der Waals surface area contributed by atoms with Crippen LogP contribution in [0, 0.1) is 0 Å². The molecular weight excluding hydrogens is 332 g/mol. The SMILES string of the molecule is COC(=O)c1cccc2ccn(Cc3cccc(-c4nccs4)c3)c12. The van der Waals surface area contributed by atoms with Crippen LogP contribution in [0.3, 0.4) is 0 Å². The lowest BCUT2D eigenvalue weighted by molar-refractivity contribution is 0.0602. The van der Waals surface area contributed by atoms with Gasteiger partial charge in [-0.15, -0.1) is 11.3 Å². The van der Waals surface area contributed by atoms with Crippen molar-refractivity contribution in [2.24, 2.45) is 0 Å². The van der Waals surface area contributed by atoms with Gasteiger partial charge in [-0.3, -0.25) is 0 Å². The largest absolute Gasteiger partial charge is 0.465 e. The van der Waals surface area contributed by atoms with Gasteiger partial charge < -0.3 is 9.30 Å². The third-order valence-corrected chi connectivity index (χ3v) is 4.98. The second-order valence-corrected chi connectivity index (χ2v) is 6.61. The van der Waals surface area contributed by atoms with Gasteiger partial charge in [0.05, 0.1) is 18.2 Å². The van der Waals surface area contributed by atoms with E-state index in [-0.39, 0.29) is 5.97 Å². The van der Waals surface area contributed by atoms with E-state index in [1.807, 2.05) is 42.0 Å². The van der Waals surface area contributed by atoms with Crippen LogP contribution in [0.15, 0.2) is 66.3 Å². The maximum atomic E-state index is 12.1. The quantitative estimate of drug-likeness (QED) is 0.506. The van der Waals surface area contributed by atoms with Crippen molar-refractivity contribution in [2.45, 2.75) is 6.54 Å². The van der Waals surface area contributed by atoms with Gasteiger partial charge in [0, 0.05) is 35.3 Å². The number of benzene rings is 2.